The van der Waals surface area contributed by atoms with Crippen LogP contribution in [-0.4, -0.2) is 22.5 Å². The molecule has 2 rings (SSSR count). The monoisotopic (exact) mass is 263 g/mol. The topological polar surface area (TPSA) is 88.2 Å². The van der Waals surface area contributed by atoms with Gasteiger partial charge in [-0.3, -0.25) is 4.79 Å². The Balaban J connectivity index is 2.02. The molecule has 0 radical (unpaired) electrons. The molecule has 1 heterocycles. The molecular formula is C12H13N3O2S. The summed E-state index contributed by atoms with van der Waals surface area (Å²) >= 11 is 1.41. The summed E-state index contributed by atoms with van der Waals surface area (Å²) in [6, 6.07) is 7.00. The number of amides is 1. The van der Waals surface area contributed by atoms with Crippen molar-refractivity contribution in [2.24, 2.45) is 5.73 Å². The minimum absolute atomic E-state index is 0.0487. The molecule has 1 amide bonds. The molecule has 4 N–H and O–H groups in total. The fourth-order valence-corrected chi connectivity index (χ4v) is 2.30. The Labute approximate surface area is 108 Å². The second-order valence-corrected chi connectivity index (χ2v) is 4.84. The van der Waals surface area contributed by atoms with Crippen LogP contribution < -0.4 is 11.1 Å². The number of benzene rings is 1. The fourth-order valence-electron chi connectivity index (χ4n) is 1.43. The van der Waals surface area contributed by atoms with Crippen LogP contribution in [0.25, 0.3) is 0 Å². The summed E-state index contributed by atoms with van der Waals surface area (Å²) in [4.78, 5) is 16.2. The van der Waals surface area contributed by atoms with Gasteiger partial charge in [0, 0.05) is 17.5 Å². The highest BCUT2D eigenvalue weighted by Gasteiger charge is 2.05. The van der Waals surface area contributed by atoms with Crippen molar-refractivity contribution in [2.45, 2.75) is 6.42 Å². The number of aromatic hydroxyl groups is 1. The second-order valence-electron chi connectivity index (χ2n) is 3.73. The lowest BCUT2D eigenvalue weighted by Crippen LogP contribution is -2.21. The number of nitrogens with one attached hydrogen (secondary N) is 1. The molecule has 6 heteroatoms. The fraction of sp³-hybridized carbons (Fsp3) is 0.167. The van der Waals surface area contributed by atoms with E-state index in [1.807, 2.05) is 12.1 Å². The van der Waals surface area contributed by atoms with Gasteiger partial charge in [-0.1, -0.05) is 12.1 Å². The number of anilines is 1. The number of carbonyl (C=O) groups is 1. The molecule has 0 aliphatic heterocycles. The van der Waals surface area contributed by atoms with E-state index in [0.717, 1.165) is 16.9 Å². The summed E-state index contributed by atoms with van der Waals surface area (Å²) in [7, 11) is 0. The van der Waals surface area contributed by atoms with Gasteiger partial charge in [-0.05, 0) is 17.7 Å². The van der Waals surface area contributed by atoms with E-state index in [2.05, 4.69) is 10.3 Å². The Hall–Kier alpha value is -1.92. The molecule has 94 valence electrons. The molecule has 0 spiro atoms. The highest BCUT2D eigenvalue weighted by Crippen LogP contribution is 2.21. The first kappa shape index (κ1) is 12.5. The quantitative estimate of drug-likeness (QED) is 0.776. The number of hydrogen-bond acceptors (Lipinski definition) is 5. The van der Waals surface area contributed by atoms with E-state index in [1.165, 1.54) is 11.3 Å². The Morgan fingerprint density at radius 2 is 2.11 bits per heavy atom. The van der Waals surface area contributed by atoms with Crippen LogP contribution in [0.1, 0.15) is 10.4 Å². The third kappa shape index (κ3) is 3.28. The lowest BCUT2D eigenvalue weighted by molar-refractivity contribution is -0.114. The molecule has 0 unspecified atom stereocenters. The number of nitrogens with zero attached hydrogens (tertiary/aromatic N) is 1. The standard InChI is InChI=1S/C12H13N3O2S/c13-6-11(17)15-12-14-7-10(18-12)5-8-1-3-9(16)4-2-8/h1-4,7,16H,5-6,13H2,(H,14,15,17). The second kappa shape index (κ2) is 5.61. The van der Waals surface area contributed by atoms with Gasteiger partial charge in [0.15, 0.2) is 5.13 Å². The maximum Gasteiger partial charge on any atom is 0.239 e. The van der Waals surface area contributed by atoms with Crippen molar-refractivity contribution in [1.82, 2.24) is 4.98 Å². The van der Waals surface area contributed by atoms with Crippen LogP contribution in [0, 0.1) is 0 Å². The summed E-state index contributed by atoms with van der Waals surface area (Å²) in [5.41, 5.74) is 6.28. The number of carbonyl (C=O) groups excluding carboxylic acids is 1. The molecule has 0 saturated carbocycles. The van der Waals surface area contributed by atoms with Crippen molar-refractivity contribution in [3.05, 3.63) is 40.9 Å². The molecular weight excluding hydrogens is 250 g/mol. The molecule has 0 atom stereocenters. The zero-order valence-corrected chi connectivity index (χ0v) is 10.4. The van der Waals surface area contributed by atoms with Crippen molar-refractivity contribution in [2.75, 3.05) is 11.9 Å². The molecule has 1 aromatic heterocycles. The molecule has 0 aliphatic carbocycles. The highest BCUT2D eigenvalue weighted by molar-refractivity contribution is 7.15. The third-order valence-electron chi connectivity index (χ3n) is 2.30. The van der Waals surface area contributed by atoms with Crippen LogP contribution in [0.2, 0.25) is 0 Å². The normalized spacial score (nSPS) is 10.3. The summed E-state index contributed by atoms with van der Waals surface area (Å²) in [6.07, 6.45) is 2.44. The lowest BCUT2D eigenvalue weighted by atomic mass is 10.1. The average molecular weight is 263 g/mol. The van der Waals surface area contributed by atoms with Crippen molar-refractivity contribution in [3.8, 4) is 5.75 Å². The van der Waals surface area contributed by atoms with E-state index < -0.39 is 0 Å². The van der Waals surface area contributed by atoms with E-state index in [1.54, 1.807) is 18.3 Å². The van der Waals surface area contributed by atoms with Crippen molar-refractivity contribution < 1.29 is 9.90 Å². The summed E-state index contributed by atoms with van der Waals surface area (Å²) in [6.45, 7) is -0.0487. The highest BCUT2D eigenvalue weighted by atomic mass is 32.1. The predicted molar refractivity (Wildman–Crippen MR) is 70.7 cm³/mol. The van der Waals surface area contributed by atoms with Crippen LogP contribution in [0.3, 0.4) is 0 Å². The Morgan fingerprint density at radius 1 is 1.39 bits per heavy atom. The third-order valence-corrected chi connectivity index (χ3v) is 3.21. The predicted octanol–water partition coefficient (Wildman–Crippen LogP) is 1.34. The van der Waals surface area contributed by atoms with Crippen LogP contribution in [0.15, 0.2) is 30.5 Å². The molecule has 0 fully saturated rings. The number of thiazole rings is 1. The number of phenolic OH excluding ortho intramolecular Hbond substituents is 1. The Bertz CT molecular complexity index is 537. The van der Waals surface area contributed by atoms with E-state index in [9.17, 15) is 9.90 Å². The number of aromatic nitrogens is 1. The molecule has 0 bridgehead atoms. The largest absolute Gasteiger partial charge is 0.508 e. The van der Waals surface area contributed by atoms with Crippen LogP contribution in [-0.2, 0) is 11.2 Å². The molecule has 2 aromatic rings. The summed E-state index contributed by atoms with van der Waals surface area (Å²) in [5.74, 6) is -0.000476. The molecule has 0 saturated heterocycles. The zero-order valence-electron chi connectivity index (χ0n) is 9.59. The minimum Gasteiger partial charge on any atom is -0.508 e. The van der Waals surface area contributed by atoms with Gasteiger partial charge in [0.2, 0.25) is 5.91 Å². The van der Waals surface area contributed by atoms with Crippen LogP contribution in [0.4, 0.5) is 5.13 Å². The van der Waals surface area contributed by atoms with Crippen molar-refractivity contribution in [1.29, 1.82) is 0 Å². The average Bonchev–Trinajstić information content (AvgIpc) is 2.79. The first-order valence-electron chi connectivity index (χ1n) is 5.40. The maximum atomic E-state index is 11.1. The first-order valence-corrected chi connectivity index (χ1v) is 6.21. The Kier molecular flexibility index (Phi) is 3.91. The van der Waals surface area contributed by atoms with Crippen LogP contribution in [0.5, 0.6) is 5.75 Å². The van der Waals surface area contributed by atoms with Gasteiger partial charge >= 0.3 is 0 Å². The van der Waals surface area contributed by atoms with E-state index in [4.69, 9.17) is 5.73 Å². The van der Waals surface area contributed by atoms with Crippen LogP contribution >= 0.6 is 11.3 Å². The Morgan fingerprint density at radius 3 is 2.78 bits per heavy atom. The minimum atomic E-state index is -0.250. The molecule has 5 nitrogen and oxygen atoms in total. The number of hydrogen-bond donors (Lipinski definition) is 3. The number of nitrogens with two attached hydrogens (primary N) is 1. The van der Waals surface area contributed by atoms with Crippen molar-refractivity contribution >= 4 is 22.4 Å². The summed E-state index contributed by atoms with van der Waals surface area (Å²) in [5, 5.41) is 12.3. The molecule has 18 heavy (non-hydrogen) atoms. The first-order chi connectivity index (χ1) is 8.67. The van der Waals surface area contributed by atoms with Gasteiger partial charge in [0.1, 0.15) is 5.75 Å². The van der Waals surface area contributed by atoms with Gasteiger partial charge in [-0.2, -0.15) is 0 Å². The van der Waals surface area contributed by atoms with Gasteiger partial charge < -0.3 is 16.2 Å². The van der Waals surface area contributed by atoms with Gasteiger partial charge in [0.25, 0.3) is 0 Å². The lowest BCUT2D eigenvalue weighted by Gasteiger charge is -1.98. The zero-order chi connectivity index (χ0) is 13.0. The maximum absolute atomic E-state index is 11.1. The van der Waals surface area contributed by atoms with E-state index in [-0.39, 0.29) is 18.2 Å². The van der Waals surface area contributed by atoms with Crippen molar-refractivity contribution in [3.63, 3.8) is 0 Å². The number of phenols is 1. The molecule has 1 aromatic carbocycles. The summed E-state index contributed by atoms with van der Waals surface area (Å²) < 4.78 is 0. The van der Waals surface area contributed by atoms with E-state index in [0.29, 0.717) is 5.13 Å². The number of rotatable bonds is 4. The molecule has 0 aliphatic rings. The van der Waals surface area contributed by atoms with Gasteiger partial charge in [-0.15, -0.1) is 11.3 Å². The van der Waals surface area contributed by atoms with Gasteiger partial charge in [-0.25, -0.2) is 4.98 Å². The smallest absolute Gasteiger partial charge is 0.239 e. The van der Waals surface area contributed by atoms with E-state index >= 15 is 0 Å². The SMILES string of the molecule is NCC(=O)Nc1ncc(Cc2ccc(O)cc2)s1. The van der Waals surface area contributed by atoms with Gasteiger partial charge in [0.05, 0.1) is 6.54 Å².